The van der Waals surface area contributed by atoms with Crippen LogP contribution >= 0.6 is 0 Å². The number of fused-ring (bicyclic) bond motifs is 5. The van der Waals surface area contributed by atoms with E-state index in [0.29, 0.717) is 34.5 Å². The Morgan fingerprint density at radius 1 is 1.00 bits per heavy atom. The van der Waals surface area contributed by atoms with Gasteiger partial charge in [0.15, 0.2) is 0 Å². The van der Waals surface area contributed by atoms with Gasteiger partial charge >= 0.3 is 0 Å². The second-order valence-corrected chi connectivity index (χ2v) is 12.8. The number of aliphatic hydroxyl groups is 2. The van der Waals surface area contributed by atoms with Gasteiger partial charge in [-0.05, 0) is 110 Å². The maximum absolute atomic E-state index is 11.1. The summed E-state index contributed by atoms with van der Waals surface area (Å²) in [5, 5.41) is 21.4. The van der Waals surface area contributed by atoms with E-state index < -0.39 is 0 Å². The number of hydrogen-bond donors (Lipinski definition) is 2. The molecule has 2 heteroatoms. The monoisotopic (exact) mass is 416 g/mol. The van der Waals surface area contributed by atoms with Crippen LogP contribution in [0.15, 0.2) is 11.6 Å². The van der Waals surface area contributed by atoms with Crippen molar-refractivity contribution >= 4 is 0 Å². The summed E-state index contributed by atoms with van der Waals surface area (Å²) in [6, 6.07) is 0. The smallest absolute Gasteiger partial charge is 0.0577 e. The Bertz CT molecular complexity index is 653. The molecule has 4 unspecified atom stereocenters. The molecule has 4 rings (SSSR count). The molecule has 30 heavy (non-hydrogen) atoms. The Hall–Kier alpha value is -0.340. The second kappa shape index (κ2) is 8.22. The Labute approximate surface area is 185 Å². The van der Waals surface area contributed by atoms with Crippen molar-refractivity contribution in [1.29, 1.82) is 0 Å². The van der Waals surface area contributed by atoms with Crippen LogP contribution in [0.2, 0.25) is 0 Å². The molecule has 0 aromatic carbocycles. The van der Waals surface area contributed by atoms with Crippen LogP contribution in [0, 0.1) is 52.3 Å². The lowest BCUT2D eigenvalue weighted by molar-refractivity contribution is -0.0693. The number of hydrogen-bond acceptors (Lipinski definition) is 2. The predicted octanol–water partition coefficient (Wildman–Crippen LogP) is 6.61. The fourth-order valence-electron chi connectivity index (χ4n) is 8.68. The van der Waals surface area contributed by atoms with Crippen LogP contribution in [0.25, 0.3) is 0 Å². The highest BCUT2D eigenvalue weighted by atomic mass is 16.3. The summed E-state index contributed by atoms with van der Waals surface area (Å²) in [4.78, 5) is 0. The summed E-state index contributed by atoms with van der Waals surface area (Å²) in [6.07, 6.45) is 12.9. The molecule has 0 heterocycles. The summed E-state index contributed by atoms with van der Waals surface area (Å²) in [5.74, 6) is 4.76. The van der Waals surface area contributed by atoms with E-state index in [-0.39, 0.29) is 12.2 Å². The van der Waals surface area contributed by atoms with Gasteiger partial charge in [0.25, 0.3) is 0 Å². The van der Waals surface area contributed by atoms with E-state index in [1.165, 1.54) is 38.5 Å². The van der Waals surface area contributed by atoms with Gasteiger partial charge in [-0.1, -0.05) is 53.2 Å². The fraction of sp³-hybridized carbons (Fsp3) is 0.929. The molecule has 2 nitrogen and oxygen atoms in total. The molecule has 0 aliphatic heterocycles. The van der Waals surface area contributed by atoms with Gasteiger partial charge < -0.3 is 10.2 Å². The van der Waals surface area contributed by atoms with Gasteiger partial charge in [0.2, 0.25) is 0 Å². The summed E-state index contributed by atoms with van der Waals surface area (Å²) < 4.78 is 0. The Morgan fingerprint density at radius 2 is 1.73 bits per heavy atom. The van der Waals surface area contributed by atoms with Gasteiger partial charge in [-0.2, -0.15) is 0 Å². The molecule has 0 saturated heterocycles. The molecular formula is C28H48O2. The molecule has 3 fully saturated rings. The Balaban J connectivity index is 1.51. The van der Waals surface area contributed by atoms with Gasteiger partial charge in [0.05, 0.1) is 12.2 Å². The van der Waals surface area contributed by atoms with Crippen LogP contribution < -0.4 is 0 Å². The zero-order valence-electron chi connectivity index (χ0n) is 20.5. The average Bonchev–Trinajstić information content (AvgIpc) is 3.04. The zero-order chi connectivity index (χ0) is 21.8. The molecule has 172 valence electrons. The highest BCUT2D eigenvalue weighted by molar-refractivity contribution is 5.25. The van der Waals surface area contributed by atoms with E-state index >= 15 is 0 Å². The van der Waals surface area contributed by atoms with Crippen LogP contribution in [0.5, 0.6) is 0 Å². The van der Waals surface area contributed by atoms with Gasteiger partial charge in [-0.25, -0.2) is 0 Å². The highest BCUT2D eigenvalue weighted by Gasteiger charge is 2.59. The van der Waals surface area contributed by atoms with Gasteiger partial charge in [0.1, 0.15) is 0 Å². The maximum Gasteiger partial charge on any atom is 0.0577 e. The fourth-order valence-corrected chi connectivity index (χ4v) is 8.68. The first-order chi connectivity index (χ1) is 14.1. The van der Waals surface area contributed by atoms with Crippen molar-refractivity contribution < 1.29 is 10.2 Å². The molecule has 0 bridgehead atoms. The van der Waals surface area contributed by atoms with Crippen molar-refractivity contribution in [3.63, 3.8) is 0 Å². The molecule has 2 N–H and O–H groups in total. The minimum atomic E-state index is -0.157. The van der Waals surface area contributed by atoms with E-state index in [4.69, 9.17) is 0 Å². The van der Waals surface area contributed by atoms with Crippen molar-refractivity contribution in [2.75, 3.05) is 0 Å². The molecule has 0 aromatic rings. The second-order valence-electron chi connectivity index (χ2n) is 12.8. The minimum Gasteiger partial charge on any atom is -0.393 e. The molecule has 10 atom stereocenters. The first-order valence-electron chi connectivity index (χ1n) is 13.1. The molecule has 0 aromatic heterocycles. The van der Waals surface area contributed by atoms with Crippen molar-refractivity contribution in [3.05, 3.63) is 11.6 Å². The first kappa shape index (κ1) is 22.8. The molecule has 4 aliphatic carbocycles. The summed E-state index contributed by atoms with van der Waals surface area (Å²) in [5.41, 5.74) is 2.31. The maximum atomic E-state index is 11.1. The van der Waals surface area contributed by atoms with Crippen LogP contribution in [0.3, 0.4) is 0 Å². The molecule has 4 aliphatic rings. The largest absolute Gasteiger partial charge is 0.393 e. The Morgan fingerprint density at radius 3 is 2.43 bits per heavy atom. The third kappa shape index (κ3) is 3.62. The molecular weight excluding hydrogens is 368 g/mol. The lowest BCUT2D eigenvalue weighted by Gasteiger charge is -2.58. The number of rotatable bonds is 5. The molecule has 0 amide bonds. The van der Waals surface area contributed by atoms with Gasteiger partial charge in [-0.15, -0.1) is 0 Å². The standard InChI is InChI=1S/C28H48O2/c1-17(2)18(3)15-26(30)19(4)23-9-10-24-22-8-7-20-16-21(29)11-13-27(20,5)25(22)12-14-28(23,24)6/h7,17-19,21-26,29-30H,8-16H2,1-6H3/t18-,19+,21+,22?,23?,24?,25?,26+,27+,28-/m1/s1. The van der Waals surface area contributed by atoms with Crippen molar-refractivity contribution in [2.45, 2.75) is 112 Å². The third-order valence-electron chi connectivity index (χ3n) is 11.1. The summed E-state index contributed by atoms with van der Waals surface area (Å²) in [6.45, 7) is 14.3. The molecule has 0 radical (unpaired) electrons. The van der Waals surface area contributed by atoms with Crippen molar-refractivity contribution in [3.8, 4) is 0 Å². The highest BCUT2D eigenvalue weighted by Crippen LogP contribution is 2.67. The first-order valence-corrected chi connectivity index (χ1v) is 13.1. The third-order valence-corrected chi connectivity index (χ3v) is 11.1. The predicted molar refractivity (Wildman–Crippen MR) is 125 cm³/mol. The zero-order valence-corrected chi connectivity index (χ0v) is 20.5. The lowest BCUT2D eigenvalue weighted by atomic mass is 9.47. The van der Waals surface area contributed by atoms with E-state index in [1.807, 2.05) is 0 Å². The van der Waals surface area contributed by atoms with Gasteiger partial charge in [0, 0.05) is 0 Å². The van der Waals surface area contributed by atoms with E-state index in [9.17, 15) is 10.2 Å². The Kier molecular flexibility index (Phi) is 6.26. The molecule has 3 saturated carbocycles. The lowest BCUT2D eigenvalue weighted by Crippen LogP contribution is -2.51. The molecule has 0 spiro atoms. The topological polar surface area (TPSA) is 40.5 Å². The minimum absolute atomic E-state index is 0.110. The van der Waals surface area contributed by atoms with Crippen LogP contribution in [-0.2, 0) is 0 Å². The van der Waals surface area contributed by atoms with Crippen molar-refractivity contribution in [1.82, 2.24) is 0 Å². The van der Waals surface area contributed by atoms with Gasteiger partial charge in [-0.3, -0.25) is 0 Å². The van der Waals surface area contributed by atoms with E-state index in [1.54, 1.807) is 5.57 Å². The van der Waals surface area contributed by atoms with E-state index in [0.717, 1.165) is 37.0 Å². The number of aliphatic hydroxyl groups excluding tert-OH is 2. The SMILES string of the molecule is CC(C)[C@H](C)C[C@H](O)[C@@H](C)C1CCC2C3CC=C4C[C@@H](O)CC[C@]4(C)C3CC[C@@]21C. The summed E-state index contributed by atoms with van der Waals surface area (Å²) >= 11 is 0. The van der Waals surface area contributed by atoms with Crippen LogP contribution in [0.1, 0.15) is 99.3 Å². The normalized spacial score (nSPS) is 46.4. The van der Waals surface area contributed by atoms with Crippen LogP contribution in [0.4, 0.5) is 0 Å². The summed E-state index contributed by atoms with van der Waals surface area (Å²) in [7, 11) is 0. The average molecular weight is 417 g/mol. The number of allylic oxidation sites excluding steroid dienone is 1. The van der Waals surface area contributed by atoms with E-state index in [2.05, 4.69) is 47.6 Å². The quantitative estimate of drug-likeness (QED) is 0.495. The van der Waals surface area contributed by atoms with Crippen LogP contribution in [-0.4, -0.2) is 22.4 Å². The van der Waals surface area contributed by atoms with Crippen molar-refractivity contribution in [2.24, 2.45) is 52.3 Å².